The van der Waals surface area contributed by atoms with Gasteiger partial charge in [0.05, 0.1) is 33.1 Å². The Bertz CT molecular complexity index is 9140. The smallest absolute Gasteiger partial charge is 0.0794 e. The molecule has 3 nitrogen and oxygen atoms in total. The Labute approximate surface area is 736 Å². The van der Waals surface area contributed by atoms with Gasteiger partial charge in [0.15, 0.2) is 0 Å². The van der Waals surface area contributed by atoms with Crippen LogP contribution in [0.1, 0.15) is 0 Å². The highest BCUT2D eigenvalue weighted by Crippen LogP contribution is 2.48. The number of pyridine rings is 3. The van der Waals surface area contributed by atoms with E-state index in [1.54, 1.807) is 0 Å². The first kappa shape index (κ1) is 72.8. The molecule has 0 radical (unpaired) electrons. The maximum absolute atomic E-state index is 5.36. The van der Waals surface area contributed by atoms with Crippen LogP contribution in [-0.2, 0) is 0 Å². The molecule has 28 aromatic rings. The molecule has 3 heterocycles. The molecular weight excluding hydrogens is 1540 g/mol. The summed E-state index contributed by atoms with van der Waals surface area (Å²) in [7, 11) is 0. The average molecular weight is 1620 g/mol. The Morgan fingerprint density at radius 3 is 0.688 bits per heavy atom. The van der Waals surface area contributed by atoms with Gasteiger partial charge in [0.25, 0.3) is 0 Å². The summed E-state index contributed by atoms with van der Waals surface area (Å²) >= 11 is 0. The van der Waals surface area contributed by atoms with Crippen LogP contribution < -0.4 is 0 Å². The molecule has 0 amide bonds. The van der Waals surface area contributed by atoms with Gasteiger partial charge in [-0.1, -0.05) is 443 Å². The van der Waals surface area contributed by atoms with E-state index in [0.29, 0.717) is 0 Å². The molecule has 0 aliphatic rings. The van der Waals surface area contributed by atoms with Crippen molar-refractivity contribution in [2.24, 2.45) is 0 Å². The van der Waals surface area contributed by atoms with Crippen LogP contribution in [0.4, 0.5) is 0 Å². The third-order valence-corrected chi connectivity index (χ3v) is 27.2. The lowest BCUT2D eigenvalue weighted by Gasteiger charge is -2.16. The molecule has 0 aliphatic heterocycles. The summed E-state index contributed by atoms with van der Waals surface area (Å²) in [5.41, 5.74) is 21.1. The lowest BCUT2D eigenvalue weighted by molar-refractivity contribution is 1.53. The van der Waals surface area contributed by atoms with E-state index in [4.69, 9.17) is 15.0 Å². The predicted molar refractivity (Wildman–Crippen MR) is 549 cm³/mol. The summed E-state index contributed by atoms with van der Waals surface area (Å²) in [6.45, 7) is 0. The Balaban J connectivity index is 0.000000102. The highest BCUT2D eigenvalue weighted by molar-refractivity contribution is 6.28. The second-order valence-corrected chi connectivity index (χ2v) is 34.1. The van der Waals surface area contributed by atoms with Crippen LogP contribution in [0.2, 0.25) is 0 Å². The summed E-state index contributed by atoms with van der Waals surface area (Å²) in [5.74, 6) is 0. The topological polar surface area (TPSA) is 38.7 Å². The third-order valence-electron chi connectivity index (χ3n) is 27.2. The zero-order valence-corrected chi connectivity index (χ0v) is 69.6. The van der Waals surface area contributed by atoms with E-state index in [1.165, 1.54) is 239 Å². The molecule has 0 fully saturated rings. The van der Waals surface area contributed by atoms with E-state index in [2.05, 4.69) is 455 Å². The fraction of sp³-hybridized carbons (Fsp3) is 0. The van der Waals surface area contributed by atoms with Crippen LogP contribution in [0.5, 0.6) is 0 Å². The van der Waals surface area contributed by atoms with Crippen molar-refractivity contribution < 1.29 is 0 Å². The number of aromatic nitrogens is 3. The van der Waals surface area contributed by atoms with E-state index in [9.17, 15) is 0 Å². The summed E-state index contributed by atoms with van der Waals surface area (Å²) in [6, 6.07) is 166. The molecule has 3 aromatic heterocycles. The van der Waals surface area contributed by atoms with Crippen LogP contribution in [0.3, 0.4) is 0 Å². The van der Waals surface area contributed by atoms with Gasteiger partial charge in [0.1, 0.15) is 0 Å². The Morgan fingerprint density at radius 2 is 0.336 bits per heavy atom. The van der Waals surface area contributed by atoms with Crippen LogP contribution in [0.25, 0.3) is 272 Å². The molecule has 0 bridgehead atoms. The first-order chi connectivity index (χ1) is 63.5. The quantitative estimate of drug-likeness (QED) is 0.123. The number of fused-ring (bicyclic) bond motifs is 23. The van der Waals surface area contributed by atoms with Crippen molar-refractivity contribution in [3.05, 3.63) is 455 Å². The highest BCUT2D eigenvalue weighted by Gasteiger charge is 2.23. The number of nitrogens with zero attached hydrogens (tertiary/aromatic N) is 3. The molecule has 128 heavy (non-hydrogen) atoms. The van der Waals surface area contributed by atoms with Crippen molar-refractivity contribution in [1.29, 1.82) is 0 Å². The maximum atomic E-state index is 5.36. The van der Waals surface area contributed by atoms with Crippen molar-refractivity contribution in [3.63, 3.8) is 0 Å². The monoisotopic (exact) mass is 1620 g/mol. The minimum absolute atomic E-state index is 1.05. The van der Waals surface area contributed by atoms with E-state index < -0.39 is 0 Å². The number of hydrogen-bond acceptors (Lipinski definition) is 3. The van der Waals surface area contributed by atoms with Gasteiger partial charge in [-0.3, -0.25) is 0 Å². The van der Waals surface area contributed by atoms with Crippen LogP contribution in [-0.4, -0.2) is 15.0 Å². The molecule has 28 rings (SSSR count). The molecule has 0 unspecified atom stereocenters. The molecule has 0 spiro atoms. The van der Waals surface area contributed by atoms with Gasteiger partial charge in [0.2, 0.25) is 0 Å². The van der Waals surface area contributed by atoms with E-state index in [0.717, 1.165) is 33.1 Å². The molecular formula is C125H75N3. The van der Waals surface area contributed by atoms with Crippen LogP contribution in [0.15, 0.2) is 455 Å². The highest BCUT2D eigenvalue weighted by atomic mass is 14.7. The largest absolute Gasteiger partial charge is 0.246 e. The standard InChI is InChI=1S/C43H25N.2C41H25N/c1-3-10-34-26(6-1)18-24-37-40(38-25-19-27-7-2-4-11-35(27)43(38)44-42(34)37)31-14-12-28(13-15-31)33-22-20-32-17-16-29-8-5-9-30-21-23-36(33)41(32)39(29)30;1-7-15-34-26(9-1)21-23-36-39(37-24-22-27-10-2-8-16-35(27)41(37)42-40(34)36)29-19-17-28(18-20-29)38-32-13-5-3-11-30(32)25-31-12-4-6-14-33(31)38;1-5-13-32-26(9-1)21-23-36-39(37-24-22-27-10-2-6-14-33(27)41(37)42-40(32)36)29-19-17-28(18-20-29)38-25-30-11-3-4-12-31(30)34-15-7-8-16-35(34)38/h1-25H;2*1-25H. The second-order valence-electron chi connectivity index (χ2n) is 34.1. The van der Waals surface area contributed by atoms with Gasteiger partial charge < -0.3 is 0 Å². The average Bonchev–Trinajstić information content (AvgIpc) is 0.740. The maximum Gasteiger partial charge on any atom is 0.0794 e. The van der Waals surface area contributed by atoms with Gasteiger partial charge in [-0.05, 0) is 170 Å². The first-order valence-electron chi connectivity index (χ1n) is 44.2. The van der Waals surface area contributed by atoms with E-state index >= 15 is 0 Å². The molecule has 590 valence electrons. The zero-order valence-electron chi connectivity index (χ0n) is 69.6. The van der Waals surface area contributed by atoms with Crippen molar-refractivity contribution >= 4 is 205 Å². The Hall–Kier alpha value is -16.9. The van der Waals surface area contributed by atoms with Crippen molar-refractivity contribution in [2.45, 2.75) is 0 Å². The van der Waals surface area contributed by atoms with Gasteiger partial charge >= 0.3 is 0 Å². The van der Waals surface area contributed by atoms with E-state index in [1.807, 2.05) is 0 Å². The second kappa shape index (κ2) is 29.4. The van der Waals surface area contributed by atoms with Gasteiger partial charge in [-0.25, -0.2) is 15.0 Å². The summed E-state index contributed by atoms with van der Waals surface area (Å²) in [5, 5.41) is 39.6. The van der Waals surface area contributed by atoms with Gasteiger partial charge in [0, 0.05) is 81.3 Å². The Kier molecular flexibility index (Phi) is 16.7. The normalized spacial score (nSPS) is 11.9. The fourth-order valence-electron chi connectivity index (χ4n) is 21.2. The van der Waals surface area contributed by atoms with Crippen molar-refractivity contribution in [2.75, 3.05) is 0 Å². The SMILES string of the molecule is c1ccc2c(-c3ccc(-c4c5ccc6ccccc6c5nc5c4ccc4ccccc45)cc3)c3ccccc3cc2c1.c1ccc2c(c1)cc(-c1ccc(-c3c4ccc5ccccc5c4nc4c3ccc3ccccc34)cc1)c1ccccc12.c1ccc2c(c1)ccc1c(-c3ccc(-c4ccc5ccc6cccc7ccc4c5c67)cc3)c3ccc4ccccc4c3nc12. The number of benzene rings is 25. The molecule has 0 atom stereocenters. The molecule has 0 saturated heterocycles. The first-order valence-corrected chi connectivity index (χ1v) is 44.2. The fourth-order valence-corrected chi connectivity index (χ4v) is 21.2. The molecule has 0 aliphatic carbocycles. The summed E-state index contributed by atoms with van der Waals surface area (Å²) < 4.78 is 0. The lowest BCUT2D eigenvalue weighted by atomic mass is 9.88. The van der Waals surface area contributed by atoms with Crippen molar-refractivity contribution in [3.8, 4) is 66.8 Å². The Morgan fingerprint density at radius 1 is 0.109 bits per heavy atom. The van der Waals surface area contributed by atoms with Gasteiger partial charge in [-0.15, -0.1) is 0 Å². The lowest BCUT2D eigenvalue weighted by Crippen LogP contribution is -1.92. The molecule has 0 saturated carbocycles. The molecule has 25 aromatic carbocycles. The minimum Gasteiger partial charge on any atom is -0.246 e. The van der Waals surface area contributed by atoms with E-state index in [-0.39, 0.29) is 0 Å². The molecule has 3 heteroatoms. The zero-order chi connectivity index (χ0) is 84.0. The van der Waals surface area contributed by atoms with Crippen molar-refractivity contribution in [1.82, 2.24) is 15.0 Å². The third kappa shape index (κ3) is 11.7. The number of hydrogen-bond donors (Lipinski definition) is 0. The van der Waals surface area contributed by atoms with Gasteiger partial charge in [-0.2, -0.15) is 0 Å². The summed E-state index contributed by atoms with van der Waals surface area (Å²) in [4.78, 5) is 16.1. The predicted octanol–water partition coefficient (Wildman–Crippen LogP) is 34.6. The van der Waals surface area contributed by atoms with Crippen LogP contribution >= 0.6 is 0 Å². The number of rotatable bonds is 6. The summed E-state index contributed by atoms with van der Waals surface area (Å²) in [6.07, 6.45) is 0. The molecule has 0 N–H and O–H groups in total. The van der Waals surface area contributed by atoms with Crippen LogP contribution in [0, 0.1) is 0 Å². The minimum atomic E-state index is 1.05.